The summed E-state index contributed by atoms with van der Waals surface area (Å²) in [6.45, 7) is 0.438. The van der Waals surface area contributed by atoms with Crippen molar-refractivity contribution in [2.45, 2.75) is 6.54 Å². The highest BCUT2D eigenvalue weighted by molar-refractivity contribution is 5.76. The average molecular weight is 215 g/mol. The molecule has 1 aromatic carbocycles. The summed E-state index contributed by atoms with van der Waals surface area (Å²) in [6, 6.07) is 5.37. The first-order valence-electron chi connectivity index (χ1n) is 4.80. The van der Waals surface area contributed by atoms with Crippen LogP contribution in [0.2, 0.25) is 0 Å². The number of benzene rings is 1. The molecule has 0 bridgehead atoms. The van der Waals surface area contributed by atoms with E-state index in [2.05, 4.69) is 27.6 Å². The van der Waals surface area contributed by atoms with Crippen LogP contribution in [0.25, 0.3) is 11.0 Å². The maximum atomic E-state index is 10.9. The van der Waals surface area contributed by atoms with E-state index in [1.807, 2.05) is 18.2 Å². The Morgan fingerprint density at radius 2 is 2.00 bits per heavy atom. The molecule has 16 heavy (non-hydrogen) atoms. The molecule has 2 N–H and O–H groups in total. The first-order chi connectivity index (χ1) is 7.79. The van der Waals surface area contributed by atoms with E-state index < -0.39 is 0 Å². The standard InChI is InChI=1S/C11H11N4O/c1-12-11(16)15-7-8-2-3-9-10(6-8)14-5-4-13-9/h2-6H,1,7H2,(H2,12,15,16). The normalized spacial score (nSPS) is 10.1. The summed E-state index contributed by atoms with van der Waals surface area (Å²) in [4.78, 5) is 19.3. The minimum Gasteiger partial charge on any atom is -0.336 e. The zero-order valence-electron chi connectivity index (χ0n) is 8.60. The molecule has 5 heteroatoms. The first-order valence-corrected chi connectivity index (χ1v) is 4.80. The number of nitrogens with one attached hydrogen (secondary N) is 2. The summed E-state index contributed by atoms with van der Waals surface area (Å²) in [7, 11) is 3.26. The molecular weight excluding hydrogens is 204 g/mol. The molecule has 81 valence electrons. The van der Waals surface area contributed by atoms with Gasteiger partial charge in [-0.25, -0.2) is 4.79 Å². The van der Waals surface area contributed by atoms with Crippen LogP contribution in [-0.4, -0.2) is 16.0 Å². The lowest BCUT2D eigenvalue weighted by atomic mass is 10.2. The summed E-state index contributed by atoms with van der Waals surface area (Å²) in [6.07, 6.45) is 3.29. The van der Waals surface area contributed by atoms with Gasteiger partial charge >= 0.3 is 6.03 Å². The molecule has 0 fully saturated rings. The third-order valence-corrected chi connectivity index (χ3v) is 2.15. The Bertz CT molecular complexity index is 512. The van der Waals surface area contributed by atoms with Crippen LogP contribution >= 0.6 is 0 Å². The molecule has 1 radical (unpaired) electrons. The van der Waals surface area contributed by atoms with Gasteiger partial charge in [-0.3, -0.25) is 9.97 Å². The van der Waals surface area contributed by atoms with Crippen molar-refractivity contribution in [3.63, 3.8) is 0 Å². The molecule has 1 heterocycles. The van der Waals surface area contributed by atoms with Crippen LogP contribution in [0.1, 0.15) is 5.56 Å². The van der Waals surface area contributed by atoms with E-state index in [-0.39, 0.29) is 6.03 Å². The summed E-state index contributed by atoms with van der Waals surface area (Å²) in [5, 5.41) is 4.90. The van der Waals surface area contributed by atoms with Gasteiger partial charge in [0.15, 0.2) is 0 Å². The summed E-state index contributed by atoms with van der Waals surface area (Å²) in [5.74, 6) is 0. The second-order valence-corrected chi connectivity index (χ2v) is 3.24. The van der Waals surface area contributed by atoms with Gasteiger partial charge in [0.25, 0.3) is 0 Å². The van der Waals surface area contributed by atoms with Crippen molar-refractivity contribution in [2.75, 3.05) is 0 Å². The fourth-order valence-corrected chi connectivity index (χ4v) is 1.36. The summed E-state index contributed by atoms with van der Waals surface area (Å²) >= 11 is 0. The van der Waals surface area contributed by atoms with Crippen molar-refractivity contribution in [2.24, 2.45) is 0 Å². The zero-order chi connectivity index (χ0) is 11.4. The molecule has 0 atom stereocenters. The minimum absolute atomic E-state index is 0.306. The molecule has 5 nitrogen and oxygen atoms in total. The van der Waals surface area contributed by atoms with Crippen LogP contribution in [0.15, 0.2) is 30.6 Å². The van der Waals surface area contributed by atoms with Crippen LogP contribution in [0.4, 0.5) is 4.79 Å². The van der Waals surface area contributed by atoms with E-state index in [1.54, 1.807) is 12.4 Å². The Balaban J connectivity index is 2.16. The first kappa shape index (κ1) is 10.4. The highest BCUT2D eigenvalue weighted by Gasteiger charge is 2.00. The minimum atomic E-state index is -0.306. The van der Waals surface area contributed by atoms with Crippen LogP contribution in [0.3, 0.4) is 0 Å². The van der Waals surface area contributed by atoms with E-state index in [0.717, 1.165) is 16.6 Å². The number of carbonyl (C=O) groups is 1. The molecule has 0 aliphatic heterocycles. The molecule has 0 spiro atoms. The number of nitrogens with zero attached hydrogens (tertiary/aromatic N) is 2. The Kier molecular flexibility index (Phi) is 2.95. The van der Waals surface area contributed by atoms with Gasteiger partial charge in [0.1, 0.15) is 0 Å². The third-order valence-electron chi connectivity index (χ3n) is 2.15. The third kappa shape index (κ3) is 2.25. The predicted octanol–water partition coefficient (Wildman–Crippen LogP) is 1.22. The molecule has 0 aliphatic carbocycles. The van der Waals surface area contributed by atoms with Crippen LogP contribution in [0, 0.1) is 7.05 Å². The highest BCUT2D eigenvalue weighted by atomic mass is 16.2. The second-order valence-electron chi connectivity index (χ2n) is 3.24. The average Bonchev–Trinajstić information content (AvgIpc) is 2.35. The molecule has 0 saturated heterocycles. The molecule has 2 aromatic rings. The van der Waals surface area contributed by atoms with Crippen molar-refractivity contribution in [1.29, 1.82) is 0 Å². The van der Waals surface area contributed by atoms with Crippen molar-refractivity contribution in [3.05, 3.63) is 43.2 Å². The van der Waals surface area contributed by atoms with Gasteiger partial charge in [-0.2, -0.15) is 0 Å². The second kappa shape index (κ2) is 4.57. The summed E-state index contributed by atoms with van der Waals surface area (Å²) in [5.41, 5.74) is 2.63. The lowest BCUT2D eigenvalue weighted by Gasteiger charge is -2.04. The number of amides is 2. The maximum absolute atomic E-state index is 10.9. The number of rotatable bonds is 2. The number of aromatic nitrogens is 2. The predicted molar refractivity (Wildman–Crippen MR) is 60.3 cm³/mol. The molecule has 0 unspecified atom stereocenters. The van der Waals surface area contributed by atoms with E-state index in [4.69, 9.17) is 0 Å². The largest absolute Gasteiger partial charge is 0.336 e. The number of carbonyl (C=O) groups excluding carboxylic acids is 1. The van der Waals surface area contributed by atoms with Crippen LogP contribution in [0.5, 0.6) is 0 Å². The van der Waals surface area contributed by atoms with Gasteiger partial charge in [-0.05, 0) is 17.7 Å². The van der Waals surface area contributed by atoms with E-state index in [0.29, 0.717) is 6.54 Å². The van der Waals surface area contributed by atoms with Crippen molar-refractivity contribution in [3.8, 4) is 0 Å². The Morgan fingerprint density at radius 3 is 2.75 bits per heavy atom. The van der Waals surface area contributed by atoms with Gasteiger partial charge in [0.05, 0.1) is 11.0 Å². The van der Waals surface area contributed by atoms with Crippen molar-refractivity contribution >= 4 is 17.1 Å². The van der Waals surface area contributed by atoms with Crippen LogP contribution < -0.4 is 10.6 Å². The van der Waals surface area contributed by atoms with Gasteiger partial charge in [0.2, 0.25) is 0 Å². The Morgan fingerprint density at radius 1 is 1.25 bits per heavy atom. The highest BCUT2D eigenvalue weighted by Crippen LogP contribution is 2.10. The Labute approximate surface area is 92.9 Å². The van der Waals surface area contributed by atoms with Gasteiger partial charge in [-0.1, -0.05) is 6.07 Å². The molecule has 1 aromatic heterocycles. The fraction of sp³-hybridized carbons (Fsp3) is 0.0909. The quantitative estimate of drug-likeness (QED) is 0.791. The molecule has 0 saturated carbocycles. The van der Waals surface area contributed by atoms with Gasteiger partial charge < -0.3 is 10.6 Å². The molecule has 0 aliphatic rings. The Hall–Kier alpha value is -2.17. The fourth-order valence-electron chi connectivity index (χ4n) is 1.36. The number of hydrogen-bond donors (Lipinski definition) is 2. The van der Waals surface area contributed by atoms with Gasteiger partial charge in [-0.15, -0.1) is 0 Å². The molecule has 2 amide bonds. The number of fused-ring (bicyclic) bond motifs is 1. The zero-order valence-corrected chi connectivity index (χ0v) is 8.60. The smallest absolute Gasteiger partial charge is 0.315 e. The topological polar surface area (TPSA) is 66.9 Å². The van der Waals surface area contributed by atoms with Gasteiger partial charge in [0, 0.05) is 26.0 Å². The lowest BCUT2D eigenvalue weighted by molar-refractivity contribution is 0.243. The number of hydrogen-bond acceptors (Lipinski definition) is 3. The van der Waals surface area contributed by atoms with Crippen molar-refractivity contribution < 1.29 is 4.79 Å². The van der Waals surface area contributed by atoms with E-state index >= 15 is 0 Å². The van der Waals surface area contributed by atoms with E-state index in [9.17, 15) is 4.79 Å². The summed E-state index contributed by atoms with van der Waals surface area (Å²) < 4.78 is 0. The lowest BCUT2D eigenvalue weighted by Crippen LogP contribution is -2.30. The SMILES string of the molecule is [CH2]NC(=O)NCc1ccc2nccnc2c1. The van der Waals surface area contributed by atoms with Crippen LogP contribution in [-0.2, 0) is 6.54 Å². The molecule has 2 rings (SSSR count). The number of urea groups is 1. The van der Waals surface area contributed by atoms with Crippen molar-refractivity contribution in [1.82, 2.24) is 20.6 Å². The monoisotopic (exact) mass is 215 g/mol. The van der Waals surface area contributed by atoms with E-state index in [1.165, 1.54) is 0 Å². The maximum Gasteiger partial charge on any atom is 0.315 e. The molecular formula is C11H11N4O.